The van der Waals surface area contributed by atoms with Gasteiger partial charge < -0.3 is 14.8 Å². The molecule has 4 rings (SSSR count). The molecule has 164 valence electrons. The van der Waals surface area contributed by atoms with Crippen LogP contribution in [0.25, 0.3) is 0 Å². The highest BCUT2D eigenvalue weighted by Crippen LogP contribution is 2.34. The molecule has 2 amide bonds. The van der Waals surface area contributed by atoms with E-state index >= 15 is 0 Å². The second-order valence-electron chi connectivity index (χ2n) is 10.3. The molecule has 7 nitrogen and oxygen atoms in total. The highest BCUT2D eigenvalue weighted by molar-refractivity contribution is 5.82. The van der Waals surface area contributed by atoms with E-state index < -0.39 is 5.41 Å². The SMILES string of the molecule is CC(C)(C)C(=O)N1CCCC(c2cc(=O)[nH]c(C3CCN(C(=O)C4CC4)CC3)n2)C1. The fourth-order valence-corrected chi connectivity index (χ4v) is 4.74. The molecule has 3 heterocycles. The molecule has 0 radical (unpaired) electrons. The third kappa shape index (κ3) is 4.60. The van der Waals surface area contributed by atoms with Crippen LogP contribution < -0.4 is 5.56 Å². The molecule has 0 spiro atoms. The Bertz CT molecular complexity index is 860. The van der Waals surface area contributed by atoms with Gasteiger partial charge in [0.2, 0.25) is 11.8 Å². The number of hydrogen-bond acceptors (Lipinski definition) is 4. The molecule has 1 aliphatic carbocycles. The van der Waals surface area contributed by atoms with Gasteiger partial charge in [-0.1, -0.05) is 20.8 Å². The number of amides is 2. The summed E-state index contributed by atoms with van der Waals surface area (Å²) in [5, 5.41) is 0. The van der Waals surface area contributed by atoms with Crippen LogP contribution in [0, 0.1) is 11.3 Å². The molecule has 7 heteroatoms. The quantitative estimate of drug-likeness (QED) is 0.824. The number of H-pyrrole nitrogens is 1. The van der Waals surface area contributed by atoms with Crippen molar-refractivity contribution in [3.8, 4) is 0 Å². The van der Waals surface area contributed by atoms with Crippen LogP contribution in [0.3, 0.4) is 0 Å². The maximum Gasteiger partial charge on any atom is 0.251 e. The maximum absolute atomic E-state index is 12.7. The van der Waals surface area contributed by atoms with E-state index in [-0.39, 0.29) is 29.2 Å². The second kappa shape index (κ2) is 8.16. The van der Waals surface area contributed by atoms with Crippen molar-refractivity contribution >= 4 is 11.8 Å². The van der Waals surface area contributed by atoms with Gasteiger partial charge in [-0.3, -0.25) is 14.4 Å². The third-order valence-corrected chi connectivity index (χ3v) is 6.67. The first-order valence-electron chi connectivity index (χ1n) is 11.4. The number of aromatic nitrogens is 2. The van der Waals surface area contributed by atoms with E-state index in [9.17, 15) is 14.4 Å². The monoisotopic (exact) mass is 414 g/mol. The van der Waals surface area contributed by atoms with Crippen molar-refractivity contribution in [2.75, 3.05) is 26.2 Å². The Balaban J connectivity index is 1.45. The van der Waals surface area contributed by atoms with Crippen LogP contribution in [-0.2, 0) is 9.59 Å². The average molecular weight is 415 g/mol. The number of likely N-dealkylation sites (tertiary alicyclic amines) is 2. The molecule has 1 atom stereocenters. The van der Waals surface area contributed by atoms with Crippen molar-refractivity contribution in [1.82, 2.24) is 19.8 Å². The second-order valence-corrected chi connectivity index (χ2v) is 10.3. The molecular weight excluding hydrogens is 380 g/mol. The molecule has 1 aromatic heterocycles. The van der Waals surface area contributed by atoms with Gasteiger partial charge in [0.25, 0.3) is 5.56 Å². The van der Waals surface area contributed by atoms with Crippen molar-refractivity contribution in [3.05, 3.63) is 27.9 Å². The Hall–Kier alpha value is -2.18. The number of carbonyl (C=O) groups is 2. The summed E-state index contributed by atoms with van der Waals surface area (Å²) in [7, 11) is 0. The van der Waals surface area contributed by atoms with Crippen LogP contribution in [0.5, 0.6) is 0 Å². The number of hydrogen-bond donors (Lipinski definition) is 1. The van der Waals surface area contributed by atoms with Crippen molar-refractivity contribution in [3.63, 3.8) is 0 Å². The molecule has 3 aliphatic rings. The number of nitrogens with zero attached hydrogens (tertiary/aromatic N) is 3. The summed E-state index contributed by atoms with van der Waals surface area (Å²) in [6, 6.07) is 1.60. The zero-order valence-corrected chi connectivity index (χ0v) is 18.4. The van der Waals surface area contributed by atoms with Crippen molar-refractivity contribution in [2.24, 2.45) is 11.3 Å². The lowest BCUT2D eigenvalue weighted by Gasteiger charge is -2.36. The summed E-state index contributed by atoms with van der Waals surface area (Å²) < 4.78 is 0. The summed E-state index contributed by atoms with van der Waals surface area (Å²) in [5.74, 6) is 1.74. The summed E-state index contributed by atoms with van der Waals surface area (Å²) >= 11 is 0. The van der Waals surface area contributed by atoms with Crippen LogP contribution in [0.15, 0.2) is 10.9 Å². The zero-order chi connectivity index (χ0) is 21.5. The van der Waals surface area contributed by atoms with E-state index in [2.05, 4.69) is 4.98 Å². The van der Waals surface area contributed by atoms with Gasteiger partial charge in [0, 0.05) is 55.4 Å². The van der Waals surface area contributed by atoms with Gasteiger partial charge in [-0.25, -0.2) is 4.98 Å². The Morgan fingerprint density at radius 1 is 1.00 bits per heavy atom. The summed E-state index contributed by atoms with van der Waals surface area (Å²) in [4.78, 5) is 49.1. The normalized spacial score (nSPS) is 23.5. The lowest BCUT2D eigenvalue weighted by molar-refractivity contribution is -0.140. The highest BCUT2D eigenvalue weighted by atomic mass is 16.2. The molecule has 2 aliphatic heterocycles. The highest BCUT2D eigenvalue weighted by Gasteiger charge is 2.36. The number of carbonyl (C=O) groups excluding carboxylic acids is 2. The van der Waals surface area contributed by atoms with E-state index in [1.165, 1.54) is 0 Å². The molecule has 30 heavy (non-hydrogen) atoms. The molecule has 0 aromatic carbocycles. The number of rotatable bonds is 3. The summed E-state index contributed by atoms with van der Waals surface area (Å²) in [6.45, 7) is 8.72. The minimum atomic E-state index is -0.402. The smallest absolute Gasteiger partial charge is 0.251 e. The standard InChI is InChI=1S/C23H34N4O3/c1-23(2,3)22(30)27-10-4-5-17(14-27)18-13-19(28)25-20(24-18)15-8-11-26(12-9-15)21(29)16-6-7-16/h13,15-17H,4-12,14H2,1-3H3,(H,24,25,28). The Labute approximate surface area is 178 Å². The van der Waals surface area contributed by atoms with Gasteiger partial charge >= 0.3 is 0 Å². The van der Waals surface area contributed by atoms with Gasteiger partial charge in [0.05, 0.1) is 5.69 Å². The minimum Gasteiger partial charge on any atom is -0.342 e. The summed E-state index contributed by atoms with van der Waals surface area (Å²) in [6.07, 6.45) is 5.61. The van der Waals surface area contributed by atoms with Gasteiger partial charge in [0.1, 0.15) is 5.82 Å². The van der Waals surface area contributed by atoms with Crippen molar-refractivity contribution in [1.29, 1.82) is 0 Å². The van der Waals surface area contributed by atoms with Crippen molar-refractivity contribution < 1.29 is 9.59 Å². The zero-order valence-electron chi connectivity index (χ0n) is 18.4. The molecule has 1 unspecified atom stereocenters. The van der Waals surface area contributed by atoms with Crippen LogP contribution in [-0.4, -0.2) is 57.8 Å². The number of nitrogens with one attached hydrogen (secondary N) is 1. The molecule has 0 bridgehead atoms. The fourth-order valence-electron chi connectivity index (χ4n) is 4.74. The van der Waals surface area contributed by atoms with E-state index in [0.717, 1.165) is 69.7 Å². The Morgan fingerprint density at radius 2 is 1.70 bits per heavy atom. The Morgan fingerprint density at radius 3 is 2.33 bits per heavy atom. The van der Waals surface area contributed by atoms with Gasteiger partial charge in [0.15, 0.2) is 0 Å². The topological polar surface area (TPSA) is 86.4 Å². The van der Waals surface area contributed by atoms with Crippen LogP contribution >= 0.6 is 0 Å². The average Bonchev–Trinajstić information content (AvgIpc) is 3.57. The molecule has 1 saturated carbocycles. The first-order valence-corrected chi connectivity index (χ1v) is 11.4. The van der Waals surface area contributed by atoms with E-state index in [1.54, 1.807) is 6.07 Å². The number of piperidine rings is 2. The van der Waals surface area contributed by atoms with Crippen LogP contribution in [0.1, 0.15) is 82.7 Å². The number of aromatic amines is 1. The third-order valence-electron chi connectivity index (χ3n) is 6.67. The summed E-state index contributed by atoms with van der Waals surface area (Å²) in [5.41, 5.74) is 0.281. The largest absolute Gasteiger partial charge is 0.342 e. The first kappa shape index (κ1) is 21.1. The molecular formula is C23H34N4O3. The fraction of sp³-hybridized carbons (Fsp3) is 0.739. The van der Waals surface area contributed by atoms with Gasteiger partial charge in [-0.2, -0.15) is 0 Å². The molecule has 3 fully saturated rings. The van der Waals surface area contributed by atoms with Gasteiger partial charge in [-0.05, 0) is 38.5 Å². The van der Waals surface area contributed by atoms with Crippen LogP contribution in [0.2, 0.25) is 0 Å². The van der Waals surface area contributed by atoms with Crippen molar-refractivity contribution in [2.45, 2.75) is 71.1 Å². The van der Waals surface area contributed by atoms with E-state index in [4.69, 9.17) is 4.98 Å². The Kier molecular flexibility index (Phi) is 5.73. The predicted molar refractivity (Wildman–Crippen MR) is 114 cm³/mol. The molecule has 1 aromatic rings. The molecule has 2 saturated heterocycles. The molecule has 1 N–H and O–H groups in total. The van der Waals surface area contributed by atoms with Crippen LogP contribution in [0.4, 0.5) is 0 Å². The van der Waals surface area contributed by atoms with E-state index in [1.807, 2.05) is 30.6 Å². The van der Waals surface area contributed by atoms with Gasteiger partial charge in [-0.15, -0.1) is 0 Å². The lowest BCUT2D eigenvalue weighted by Crippen LogP contribution is -2.45. The maximum atomic E-state index is 12.7. The predicted octanol–water partition coefficient (Wildman–Crippen LogP) is 2.64. The minimum absolute atomic E-state index is 0.0997. The van der Waals surface area contributed by atoms with E-state index in [0.29, 0.717) is 12.5 Å². The first-order chi connectivity index (χ1) is 14.2. The lowest BCUT2D eigenvalue weighted by atomic mass is 9.89.